The summed E-state index contributed by atoms with van der Waals surface area (Å²) in [6, 6.07) is 0. The fourth-order valence-electron chi connectivity index (χ4n) is 0.567. The van der Waals surface area contributed by atoms with Crippen molar-refractivity contribution >= 4 is 25.3 Å². The lowest BCUT2D eigenvalue weighted by Gasteiger charge is -2.09. The van der Waals surface area contributed by atoms with Gasteiger partial charge in [0.2, 0.25) is 0 Å². The van der Waals surface area contributed by atoms with Crippen LogP contribution in [0.1, 0.15) is 12.8 Å². The first-order valence-corrected chi connectivity index (χ1v) is 4.43. The zero-order valence-corrected chi connectivity index (χ0v) is 7.56. The predicted octanol–water partition coefficient (Wildman–Crippen LogP) is 0.348. The van der Waals surface area contributed by atoms with Crippen LogP contribution in [0.15, 0.2) is 0 Å². The lowest BCUT2D eigenvalue weighted by atomic mass is 10.2. The molecule has 10 heavy (non-hydrogen) atoms. The van der Waals surface area contributed by atoms with Gasteiger partial charge >= 0.3 is 0 Å². The van der Waals surface area contributed by atoms with Crippen molar-refractivity contribution in [3.63, 3.8) is 0 Å². The number of hydrogen-bond donors (Lipinski definition) is 4. The lowest BCUT2D eigenvalue weighted by Crippen LogP contribution is -2.13. The van der Waals surface area contributed by atoms with Gasteiger partial charge in [-0.3, -0.25) is 0 Å². The Hall–Kier alpha value is 0.620. The number of rotatable bonds is 5. The van der Waals surface area contributed by atoms with Crippen molar-refractivity contribution in [1.82, 2.24) is 0 Å². The third-order valence-electron chi connectivity index (χ3n) is 1.25. The van der Waals surface area contributed by atoms with E-state index in [0.717, 1.165) is 6.42 Å². The van der Waals surface area contributed by atoms with Gasteiger partial charge in [0.05, 0.1) is 12.7 Å². The molecule has 4 heteroatoms. The van der Waals surface area contributed by atoms with Crippen LogP contribution in [-0.2, 0) is 0 Å². The molecule has 2 atom stereocenters. The normalized spacial score (nSPS) is 16.8. The zero-order chi connectivity index (χ0) is 7.98. The highest BCUT2D eigenvalue weighted by Crippen LogP contribution is 2.06. The van der Waals surface area contributed by atoms with E-state index in [1.807, 2.05) is 0 Å². The molecule has 0 heterocycles. The van der Waals surface area contributed by atoms with Crippen molar-refractivity contribution in [2.75, 3.05) is 12.4 Å². The Balaban J connectivity index is 3.17. The van der Waals surface area contributed by atoms with E-state index in [9.17, 15) is 0 Å². The van der Waals surface area contributed by atoms with E-state index in [4.69, 9.17) is 10.2 Å². The average molecular weight is 182 g/mol. The smallest absolute Gasteiger partial charge is 0.0628 e. The zero-order valence-electron chi connectivity index (χ0n) is 5.77. The van der Waals surface area contributed by atoms with Crippen LogP contribution in [0.2, 0.25) is 0 Å². The Labute approximate surface area is 72.5 Å². The molecule has 0 saturated heterocycles. The summed E-state index contributed by atoms with van der Waals surface area (Å²) in [7, 11) is 0. The van der Waals surface area contributed by atoms with Crippen LogP contribution in [0.5, 0.6) is 0 Å². The monoisotopic (exact) mass is 182 g/mol. The molecule has 0 radical (unpaired) electrons. The first-order chi connectivity index (χ1) is 4.70. The summed E-state index contributed by atoms with van der Waals surface area (Å²) >= 11 is 7.97. The molecule has 62 valence electrons. The van der Waals surface area contributed by atoms with E-state index in [1.54, 1.807) is 0 Å². The maximum Gasteiger partial charge on any atom is 0.0628 e. The molecule has 0 aromatic carbocycles. The second kappa shape index (κ2) is 6.34. The fourth-order valence-corrected chi connectivity index (χ4v) is 0.899. The minimum atomic E-state index is -0.357. The van der Waals surface area contributed by atoms with Crippen LogP contribution in [0.3, 0.4) is 0 Å². The van der Waals surface area contributed by atoms with Gasteiger partial charge in [-0.15, -0.1) is 0 Å². The van der Waals surface area contributed by atoms with Crippen LogP contribution in [-0.4, -0.2) is 33.9 Å². The van der Waals surface area contributed by atoms with Gasteiger partial charge in [-0.1, -0.05) is 0 Å². The minimum absolute atomic E-state index is 0.00506. The Morgan fingerprint density at radius 2 is 1.90 bits per heavy atom. The summed E-state index contributed by atoms with van der Waals surface area (Å²) < 4.78 is 0. The third kappa shape index (κ3) is 5.41. The quantitative estimate of drug-likeness (QED) is 0.463. The van der Waals surface area contributed by atoms with Gasteiger partial charge in [-0.05, 0) is 12.8 Å². The molecular weight excluding hydrogens is 168 g/mol. The van der Waals surface area contributed by atoms with E-state index < -0.39 is 0 Å². The molecule has 0 spiro atoms. The first-order valence-electron chi connectivity index (χ1n) is 3.28. The highest BCUT2D eigenvalue weighted by atomic mass is 32.1. The molecule has 2 N–H and O–H groups in total. The number of aliphatic hydroxyl groups excluding tert-OH is 2. The fraction of sp³-hybridized carbons (Fsp3) is 1.00. The molecule has 2 nitrogen and oxygen atoms in total. The molecule has 0 saturated carbocycles. The topological polar surface area (TPSA) is 40.5 Å². The van der Waals surface area contributed by atoms with Crippen molar-refractivity contribution in [2.24, 2.45) is 0 Å². The van der Waals surface area contributed by atoms with Crippen molar-refractivity contribution in [3.05, 3.63) is 0 Å². The minimum Gasteiger partial charge on any atom is -0.395 e. The summed E-state index contributed by atoms with van der Waals surface area (Å²) in [5.74, 6) is 0.478. The summed E-state index contributed by atoms with van der Waals surface area (Å²) in [6.45, 7) is 0.0718. The van der Waals surface area contributed by atoms with E-state index >= 15 is 0 Å². The molecule has 2 unspecified atom stereocenters. The number of thiol groups is 2. The van der Waals surface area contributed by atoms with E-state index in [2.05, 4.69) is 25.3 Å². The predicted molar refractivity (Wildman–Crippen MR) is 49.0 cm³/mol. The molecule has 0 amide bonds. The maximum absolute atomic E-state index is 9.01. The lowest BCUT2D eigenvalue weighted by molar-refractivity contribution is 0.181. The highest BCUT2D eigenvalue weighted by molar-refractivity contribution is 7.81. The molecule has 0 bridgehead atoms. The second-order valence-electron chi connectivity index (χ2n) is 2.25. The number of aliphatic hydroxyl groups is 2. The van der Waals surface area contributed by atoms with Gasteiger partial charge in [-0.25, -0.2) is 0 Å². The van der Waals surface area contributed by atoms with Crippen LogP contribution < -0.4 is 0 Å². The summed E-state index contributed by atoms with van der Waals surface area (Å²) in [5, 5.41) is 17.5. The highest BCUT2D eigenvalue weighted by Gasteiger charge is 2.05. The van der Waals surface area contributed by atoms with E-state index in [0.29, 0.717) is 12.2 Å². The van der Waals surface area contributed by atoms with Crippen molar-refractivity contribution in [1.29, 1.82) is 0 Å². The van der Waals surface area contributed by atoms with Gasteiger partial charge in [0.1, 0.15) is 0 Å². The molecule has 0 aliphatic carbocycles. The molecular formula is C6H14O2S2. The molecule has 0 aliphatic rings. The second-order valence-corrected chi connectivity index (χ2v) is 3.35. The average Bonchev–Trinajstić information content (AvgIpc) is 1.99. The van der Waals surface area contributed by atoms with Crippen LogP contribution in [0, 0.1) is 0 Å². The van der Waals surface area contributed by atoms with Crippen LogP contribution >= 0.6 is 25.3 Å². The summed E-state index contributed by atoms with van der Waals surface area (Å²) in [6.07, 6.45) is 1.05. The van der Waals surface area contributed by atoms with Crippen LogP contribution in [0.4, 0.5) is 0 Å². The van der Waals surface area contributed by atoms with E-state index in [-0.39, 0.29) is 18.0 Å². The first kappa shape index (κ1) is 10.6. The van der Waals surface area contributed by atoms with Gasteiger partial charge in [-0.2, -0.15) is 25.3 Å². The molecule has 0 aliphatic heterocycles. The standard InChI is InChI=1S/C6H14O2S2/c7-3-6(10)2-1-5(8)4-9/h5-10H,1-4H2. The van der Waals surface area contributed by atoms with Gasteiger partial charge in [0.15, 0.2) is 0 Å². The molecule has 0 fully saturated rings. The molecule has 0 aromatic rings. The van der Waals surface area contributed by atoms with Gasteiger partial charge in [0, 0.05) is 11.0 Å². The Morgan fingerprint density at radius 1 is 1.30 bits per heavy atom. The van der Waals surface area contributed by atoms with Crippen molar-refractivity contribution in [3.8, 4) is 0 Å². The Bertz CT molecular complexity index is 70.1. The summed E-state index contributed by atoms with van der Waals surface area (Å²) in [4.78, 5) is 0. The third-order valence-corrected chi connectivity index (χ3v) is 2.10. The maximum atomic E-state index is 9.01. The van der Waals surface area contributed by atoms with Crippen molar-refractivity contribution in [2.45, 2.75) is 24.2 Å². The Kier molecular flexibility index (Phi) is 6.73. The largest absolute Gasteiger partial charge is 0.395 e. The van der Waals surface area contributed by atoms with E-state index in [1.165, 1.54) is 0 Å². The van der Waals surface area contributed by atoms with Gasteiger partial charge in [0.25, 0.3) is 0 Å². The van der Waals surface area contributed by atoms with Crippen LogP contribution in [0.25, 0.3) is 0 Å². The molecule has 0 aromatic heterocycles. The molecule has 0 rings (SSSR count). The summed E-state index contributed by atoms with van der Waals surface area (Å²) in [5.41, 5.74) is 0. The Morgan fingerprint density at radius 3 is 2.30 bits per heavy atom. The number of hydrogen-bond acceptors (Lipinski definition) is 4. The SMILES string of the molecule is OCC(S)CCC(O)CS. The van der Waals surface area contributed by atoms with Gasteiger partial charge < -0.3 is 10.2 Å². The van der Waals surface area contributed by atoms with Crippen molar-refractivity contribution < 1.29 is 10.2 Å².